The van der Waals surface area contributed by atoms with Crippen molar-refractivity contribution in [2.24, 2.45) is 0 Å². The van der Waals surface area contributed by atoms with Crippen LogP contribution in [0.3, 0.4) is 0 Å². The predicted molar refractivity (Wildman–Crippen MR) is 136 cm³/mol. The highest BCUT2D eigenvalue weighted by atomic mass is 32.1. The molecule has 0 aliphatic carbocycles. The monoisotopic (exact) mass is 506 g/mol. The second kappa shape index (κ2) is 10.3. The van der Waals surface area contributed by atoms with Crippen molar-refractivity contribution in [2.75, 3.05) is 18.1 Å². The van der Waals surface area contributed by atoms with Crippen LogP contribution in [0.25, 0.3) is 5.76 Å². The number of ketones is 1. The van der Waals surface area contributed by atoms with Crippen molar-refractivity contribution >= 4 is 39.9 Å². The van der Waals surface area contributed by atoms with E-state index in [1.54, 1.807) is 50.2 Å². The van der Waals surface area contributed by atoms with E-state index in [0.29, 0.717) is 29.2 Å². The van der Waals surface area contributed by atoms with Crippen molar-refractivity contribution in [2.45, 2.75) is 33.7 Å². The number of aliphatic hydroxyl groups is 1. The van der Waals surface area contributed by atoms with E-state index < -0.39 is 23.7 Å². The molecule has 1 N–H and O–H groups in total. The van der Waals surface area contributed by atoms with Crippen molar-refractivity contribution in [3.63, 3.8) is 0 Å². The van der Waals surface area contributed by atoms with Gasteiger partial charge in [0.05, 0.1) is 30.5 Å². The Labute approximate surface area is 212 Å². The number of carbonyl (C=O) groups is 3. The van der Waals surface area contributed by atoms with E-state index in [-0.39, 0.29) is 27.9 Å². The van der Waals surface area contributed by atoms with Gasteiger partial charge in [0.25, 0.3) is 5.78 Å². The van der Waals surface area contributed by atoms with Crippen molar-refractivity contribution in [1.29, 1.82) is 0 Å². The van der Waals surface area contributed by atoms with E-state index in [2.05, 4.69) is 4.98 Å². The second-order valence-corrected chi connectivity index (χ2v) is 9.15. The van der Waals surface area contributed by atoms with Crippen molar-refractivity contribution in [1.82, 2.24) is 4.98 Å². The number of hydrogen-bond acceptors (Lipinski definition) is 8. The number of aromatic nitrogens is 1. The highest BCUT2D eigenvalue weighted by molar-refractivity contribution is 7.17. The fourth-order valence-electron chi connectivity index (χ4n) is 4.02. The largest absolute Gasteiger partial charge is 0.507 e. The molecule has 1 aliphatic rings. The van der Waals surface area contributed by atoms with Gasteiger partial charge in [0.2, 0.25) is 0 Å². The molecule has 0 saturated carbocycles. The number of aliphatic hydroxyl groups excluding tert-OH is 1. The van der Waals surface area contributed by atoms with Crippen LogP contribution >= 0.6 is 11.3 Å². The first kappa shape index (κ1) is 25.1. The molecule has 4 rings (SSSR count). The second-order valence-electron chi connectivity index (χ2n) is 8.17. The average Bonchev–Trinajstić information content (AvgIpc) is 3.36. The minimum Gasteiger partial charge on any atom is -0.507 e. The highest BCUT2D eigenvalue weighted by Crippen LogP contribution is 2.44. The third kappa shape index (κ3) is 4.61. The standard InChI is InChI=1S/C27H26N2O6S/c1-5-34-19-9-7-8-18(14-19)22(30)20-21(17-12-10-15(3)11-13-17)29(25(32)23(20)31)27-28-16(4)24(36-27)26(33)35-6-2/h7-14,21,30H,5-6H2,1-4H3. The molecule has 36 heavy (non-hydrogen) atoms. The van der Waals surface area contributed by atoms with Gasteiger partial charge in [-0.15, -0.1) is 0 Å². The lowest BCUT2D eigenvalue weighted by Gasteiger charge is -2.23. The maximum Gasteiger partial charge on any atom is 0.350 e. The van der Waals surface area contributed by atoms with E-state index in [9.17, 15) is 19.5 Å². The van der Waals surface area contributed by atoms with Gasteiger partial charge in [-0.25, -0.2) is 9.78 Å². The van der Waals surface area contributed by atoms with Crippen LogP contribution in [0.2, 0.25) is 0 Å². The van der Waals surface area contributed by atoms with E-state index in [0.717, 1.165) is 16.9 Å². The molecule has 2 aromatic carbocycles. The molecule has 1 aliphatic heterocycles. The zero-order valence-electron chi connectivity index (χ0n) is 20.4. The zero-order chi connectivity index (χ0) is 26.0. The normalized spacial score (nSPS) is 16.9. The Hall–Kier alpha value is -3.98. The number of Topliss-reactive ketones (excluding diaryl/α,β-unsaturated/α-hetero) is 1. The number of rotatable bonds is 7. The minimum absolute atomic E-state index is 0.0666. The van der Waals surface area contributed by atoms with Crippen LogP contribution in [0.15, 0.2) is 54.1 Å². The fraction of sp³-hybridized carbons (Fsp3) is 0.259. The third-order valence-corrected chi connectivity index (χ3v) is 6.84. The van der Waals surface area contributed by atoms with Crippen molar-refractivity contribution in [3.05, 3.63) is 81.4 Å². The number of anilines is 1. The van der Waals surface area contributed by atoms with Crippen LogP contribution in [-0.4, -0.2) is 41.0 Å². The molecule has 0 radical (unpaired) electrons. The summed E-state index contributed by atoms with van der Waals surface area (Å²) in [6.45, 7) is 7.74. The first-order valence-electron chi connectivity index (χ1n) is 11.5. The Kier molecular flexibility index (Phi) is 7.21. The summed E-state index contributed by atoms with van der Waals surface area (Å²) in [7, 11) is 0. The summed E-state index contributed by atoms with van der Waals surface area (Å²) in [4.78, 5) is 45.0. The summed E-state index contributed by atoms with van der Waals surface area (Å²) in [6.07, 6.45) is 0. The van der Waals surface area contributed by atoms with Crippen molar-refractivity contribution in [3.8, 4) is 5.75 Å². The van der Waals surface area contributed by atoms with Crippen LogP contribution in [0.4, 0.5) is 5.13 Å². The van der Waals surface area contributed by atoms with Gasteiger partial charge >= 0.3 is 11.9 Å². The van der Waals surface area contributed by atoms with Crippen molar-refractivity contribution < 1.29 is 29.0 Å². The van der Waals surface area contributed by atoms with Gasteiger partial charge in [-0.3, -0.25) is 14.5 Å². The topological polar surface area (TPSA) is 106 Å². The molecule has 1 saturated heterocycles. The van der Waals surface area contributed by atoms with Gasteiger partial charge in [-0.1, -0.05) is 53.3 Å². The van der Waals surface area contributed by atoms with E-state index >= 15 is 0 Å². The Morgan fingerprint density at radius 3 is 2.47 bits per heavy atom. The molecular weight excluding hydrogens is 480 g/mol. The summed E-state index contributed by atoms with van der Waals surface area (Å²) >= 11 is 0.974. The molecule has 0 spiro atoms. The molecule has 1 unspecified atom stereocenters. The molecule has 1 amide bonds. The number of ether oxygens (including phenoxy) is 2. The van der Waals surface area contributed by atoms with Crippen LogP contribution in [0.1, 0.15) is 51.9 Å². The summed E-state index contributed by atoms with van der Waals surface area (Å²) in [6, 6.07) is 13.1. The Bertz CT molecular complexity index is 1360. The van der Waals surface area contributed by atoms with Gasteiger partial charge in [0.1, 0.15) is 16.4 Å². The first-order chi connectivity index (χ1) is 17.3. The minimum atomic E-state index is -0.943. The molecule has 0 bridgehead atoms. The smallest absolute Gasteiger partial charge is 0.350 e. The number of nitrogens with zero attached hydrogens (tertiary/aromatic N) is 2. The van der Waals surface area contributed by atoms with Gasteiger partial charge in [0.15, 0.2) is 5.13 Å². The highest BCUT2D eigenvalue weighted by Gasteiger charge is 2.48. The molecule has 1 fully saturated rings. The first-order valence-corrected chi connectivity index (χ1v) is 12.3. The van der Waals surface area contributed by atoms with Crippen LogP contribution in [0.5, 0.6) is 5.75 Å². The van der Waals surface area contributed by atoms with E-state index in [1.807, 2.05) is 26.0 Å². The van der Waals surface area contributed by atoms with Crippen LogP contribution in [-0.2, 0) is 14.3 Å². The SMILES string of the molecule is CCOC(=O)c1sc(N2C(=O)C(=O)C(=C(O)c3cccc(OCC)c3)C2c2ccc(C)cc2)nc1C. The molecule has 9 heteroatoms. The lowest BCUT2D eigenvalue weighted by molar-refractivity contribution is -0.132. The van der Waals surface area contributed by atoms with Gasteiger partial charge in [0, 0.05) is 5.56 Å². The van der Waals surface area contributed by atoms with E-state index in [4.69, 9.17) is 9.47 Å². The predicted octanol–water partition coefficient (Wildman–Crippen LogP) is 4.96. The lowest BCUT2D eigenvalue weighted by Crippen LogP contribution is -2.29. The summed E-state index contributed by atoms with van der Waals surface area (Å²) in [5, 5.41) is 11.5. The summed E-state index contributed by atoms with van der Waals surface area (Å²) in [5.41, 5.74) is 2.28. The number of esters is 1. The number of amides is 1. The summed E-state index contributed by atoms with van der Waals surface area (Å²) in [5.74, 6) is -2.02. The third-order valence-electron chi connectivity index (χ3n) is 5.71. The molecule has 1 atom stereocenters. The average molecular weight is 507 g/mol. The van der Waals surface area contributed by atoms with Gasteiger partial charge in [-0.05, 0) is 45.4 Å². The number of hydrogen-bond donors (Lipinski definition) is 1. The Balaban J connectivity index is 1.89. The quantitative estimate of drug-likeness (QED) is 0.209. The van der Waals surface area contributed by atoms with Gasteiger partial charge < -0.3 is 14.6 Å². The zero-order valence-corrected chi connectivity index (χ0v) is 21.2. The maximum absolute atomic E-state index is 13.3. The molecule has 1 aromatic heterocycles. The summed E-state index contributed by atoms with van der Waals surface area (Å²) < 4.78 is 10.6. The molecule has 8 nitrogen and oxygen atoms in total. The Morgan fingerprint density at radius 1 is 1.08 bits per heavy atom. The number of aryl methyl sites for hydroxylation is 2. The fourth-order valence-corrected chi connectivity index (χ4v) is 5.01. The Morgan fingerprint density at radius 2 is 1.81 bits per heavy atom. The lowest BCUT2D eigenvalue weighted by atomic mass is 9.95. The molecular formula is C27H26N2O6S. The molecule has 2 heterocycles. The van der Waals surface area contributed by atoms with E-state index in [1.165, 1.54) is 4.90 Å². The number of thiazole rings is 1. The van der Waals surface area contributed by atoms with Crippen LogP contribution < -0.4 is 9.64 Å². The van der Waals surface area contributed by atoms with Crippen LogP contribution in [0, 0.1) is 13.8 Å². The van der Waals surface area contributed by atoms with Gasteiger partial charge in [-0.2, -0.15) is 0 Å². The number of benzene rings is 2. The molecule has 3 aromatic rings. The molecule has 186 valence electrons. The number of carbonyl (C=O) groups excluding carboxylic acids is 3. The maximum atomic E-state index is 13.3.